The van der Waals surface area contributed by atoms with E-state index in [1.165, 1.54) is 0 Å². The van der Waals surface area contributed by atoms with Crippen molar-refractivity contribution in [2.75, 3.05) is 5.32 Å². The fourth-order valence-electron chi connectivity index (χ4n) is 2.31. The smallest absolute Gasteiger partial charge is 0.248 e. The first kappa shape index (κ1) is 16.5. The largest absolute Gasteiger partial charge is 0.440 e. The molecule has 0 bridgehead atoms. The summed E-state index contributed by atoms with van der Waals surface area (Å²) in [6.45, 7) is 12.3. The Balaban J connectivity index is 1.81. The molecular formula is C18H24N4O2. The Morgan fingerprint density at radius 2 is 1.83 bits per heavy atom. The third-order valence-corrected chi connectivity index (χ3v) is 3.76. The molecule has 3 aromatic rings. The standard InChI is InChI=1S/C18H24N4O2/c1-10(2)15-21-16(24-22-15)11(3)19-12-7-8-14-13(9-12)20-17(23-14)18(4,5)6/h7-11,19H,1-6H3. The van der Waals surface area contributed by atoms with Crippen LogP contribution in [0.25, 0.3) is 11.1 Å². The minimum absolute atomic E-state index is 0.0866. The zero-order valence-corrected chi connectivity index (χ0v) is 15.0. The molecule has 1 unspecified atom stereocenters. The second kappa shape index (κ2) is 5.92. The molecule has 1 atom stereocenters. The van der Waals surface area contributed by atoms with Crippen molar-refractivity contribution in [2.24, 2.45) is 0 Å². The Labute approximate surface area is 141 Å². The molecule has 24 heavy (non-hydrogen) atoms. The Kier molecular flexibility index (Phi) is 4.07. The predicted molar refractivity (Wildman–Crippen MR) is 93.1 cm³/mol. The van der Waals surface area contributed by atoms with Gasteiger partial charge in [-0.15, -0.1) is 0 Å². The average molecular weight is 328 g/mol. The van der Waals surface area contributed by atoms with E-state index in [0.717, 1.165) is 28.5 Å². The Morgan fingerprint density at radius 1 is 1.08 bits per heavy atom. The van der Waals surface area contributed by atoms with Crippen molar-refractivity contribution in [2.45, 2.75) is 58.9 Å². The minimum atomic E-state index is -0.114. The van der Waals surface area contributed by atoms with Gasteiger partial charge in [-0.05, 0) is 25.1 Å². The zero-order valence-electron chi connectivity index (χ0n) is 15.0. The van der Waals surface area contributed by atoms with Gasteiger partial charge in [0, 0.05) is 17.0 Å². The summed E-state index contributed by atoms with van der Waals surface area (Å²) < 4.78 is 11.2. The number of nitrogens with one attached hydrogen (secondary N) is 1. The van der Waals surface area contributed by atoms with Crippen LogP contribution in [0, 0.1) is 0 Å². The van der Waals surface area contributed by atoms with Crippen LogP contribution in [0.2, 0.25) is 0 Å². The molecular weight excluding hydrogens is 304 g/mol. The maximum atomic E-state index is 5.83. The molecule has 128 valence electrons. The molecule has 0 saturated carbocycles. The van der Waals surface area contributed by atoms with Gasteiger partial charge in [-0.2, -0.15) is 4.98 Å². The number of hydrogen-bond acceptors (Lipinski definition) is 6. The van der Waals surface area contributed by atoms with Crippen LogP contribution in [-0.2, 0) is 5.41 Å². The predicted octanol–water partition coefficient (Wildman–Crippen LogP) is 4.80. The van der Waals surface area contributed by atoms with E-state index in [-0.39, 0.29) is 17.4 Å². The van der Waals surface area contributed by atoms with Crippen LogP contribution in [0.5, 0.6) is 0 Å². The van der Waals surface area contributed by atoms with Gasteiger partial charge in [0.1, 0.15) is 11.6 Å². The summed E-state index contributed by atoms with van der Waals surface area (Å²) in [5, 5.41) is 7.38. The van der Waals surface area contributed by atoms with Crippen LogP contribution in [-0.4, -0.2) is 15.1 Å². The third kappa shape index (κ3) is 3.27. The molecule has 6 nitrogen and oxygen atoms in total. The molecule has 0 aliphatic heterocycles. The van der Waals surface area contributed by atoms with Gasteiger partial charge in [0.05, 0.1) is 0 Å². The highest BCUT2D eigenvalue weighted by Crippen LogP contribution is 2.28. The first-order valence-electron chi connectivity index (χ1n) is 8.25. The average Bonchev–Trinajstić information content (AvgIpc) is 3.13. The molecule has 0 fully saturated rings. The summed E-state index contributed by atoms with van der Waals surface area (Å²) >= 11 is 0. The highest BCUT2D eigenvalue weighted by molar-refractivity contribution is 5.77. The molecule has 0 saturated heterocycles. The van der Waals surface area contributed by atoms with E-state index in [0.29, 0.717) is 5.89 Å². The number of aromatic nitrogens is 3. The zero-order chi connectivity index (χ0) is 17.5. The van der Waals surface area contributed by atoms with Crippen LogP contribution in [0.15, 0.2) is 27.1 Å². The summed E-state index contributed by atoms with van der Waals surface area (Å²) in [5.74, 6) is 2.29. The Bertz CT molecular complexity index is 842. The molecule has 0 aliphatic rings. The van der Waals surface area contributed by atoms with Crippen LogP contribution in [0.4, 0.5) is 5.69 Å². The van der Waals surface area contributed by atoms with E-state index in [1.807, 2.05) is 39.0 Å². The molecule has 6 heteroatoms. The lowest BCUT2D eigenvalue weighted by Gasteiger charge is -2.11. The van der Waals surface area contributed by atoms with E-state index < -0.39 is 0 Å². The van der Waals surface area contributed by atoms with Gasteiger partial charge < -0.3 is 14.3 Å². The number of hydrogen-bond donors (Lipinski definition) is 1. The van der Waals surface area contributed by atoms with Crippen molar-refractivity contribution in [3.63, 3.8) is 0 Å². The van der Waals surface area contributed by atoms with E-state index in [4.69, 9.17) is 8.94 Å². The summed E-state index contributed by atoms with van der Waals surface area (Å²) in [6.07, 6.45) is 0. The van der Waals surface area contributed by atoms with E-state index >= 15 is 0 Å². The van der Waals surface area contributed by atoms with Gasteiger partial charge in [0.2, 0.25) is 11.8 Å². The van der Waals surface area contributed by atoms with Crippen LogP contribution in [0.3, 0.4) is 0 Å². The highest BCUT2D eigenvalue weighted by Gasteiger charge is 2.21. The first-order chi connectivity index (χ1) is 11.2. The number of fused-ring (bicyclic) bond motifs is 1. The van der Waals surface area contributed by atoms with Crippen molar-refractivity contribution < 1.29 is 8.94 Å². The topological polar surface area (TPSA) is 77.0 Å². The van der Waals surface area contributed by atoms with Gasteiger partial charge in [-0.25, -0.2) is 4.98 Å². The molecule has 0 amide bonds. The number of nitrogens with zero attached hydrogens (tertiary/aromatic N) is 3. The first-order valence-corrected chi connectivity index (χ1v) is 8.25. The van der Waals surface area contributed by atoms with Gasteiger partial charge in [0.15, 0.2) is 11.4 Å². The molecule has 0 radical (unpaired) electrons. The van der Waals surface area contributed by atoms with Gasteiger partial charge in [-0.3, -0.25) is 0 Å². The summed E-state index contributed by atoms with van der Waals surface area (Å²) in [4.78, 5) is 9.02. The maximum Gasteiger partial charge on any atom is 0.248 e. The third-order valence-electron chi connectivity index (χ3n) is 3.76. The van der Waals surface area contributed by atoms with E-state index in [1.54, 1.807) is 0 Å². The molecule has 2 aromatic heterocycles. The molecule has 2 heterocycles. The van der Waals surface area contributed by atoms with Gasteiger partial charge in [-0.1, -0.05) is 39.8 Å². The second-order valence-electron chi connectivity index (χ2n) is 7.46. The van der Waals surface area contributed by atoms with Crippen molar-refractivity contribution in [1.82, 2.24) is 15.1 Å². The minimum Gasteiger partial charge on any atom is -0.440 e. The van der Waals surface area contributed by atoms with Crippen LogP contribution in [0.1, 0.15) is 71.1 Å². The quantitative estimate of drug-likeness (QED) is 0.741. The van der Waals surface area contributed by atoms with E-state index in [2.05, 4.69) is 41.2 Å². The number of oxazole rings is 1. The SMILES string of the molecule is CC(C)c1noc(C(C)Nc2ccc3oc(C(C)(C)C)nc3c2)n1. The van der Waals surface area contributed by atoms with Crippen molar-refractivity contribution in [1.29, 1.82) is 0 Å². The summed E-state index contributed by atoms with van der Waals surface area (Å²) in [7, 11) is 0. The Morgan fingerprint density at radius 3 is 2.46 bits per heavy atom. The molecule has 0 aliphatic carbocycles. The maximum absolute atomic E-state index is 5.83. The van der Waals surface area contributed by atoms with E-state index in [9.17, 15) is 0 Å². The lowest BCUT2D eigenvalue weighted by molar-refractivity contribution is 0.361. The monoisotopic (exact) mass is 328 g/mol. The molecule has 0 spiro atoms. The van der Waals surface area contributed by atoms with Crippen molar-refractivity contribution >= 4 is 16.8 Å². The lowest BCUT2D eigenvalue weighted by atomic mass is 9.97. The molecule has 3 rings (SSSR count). The molecule has 1 N–H and O–H groups in total. The van der Waals surface area contributed by atoms with Gasteiger partial charge >= 0.3 is 0 Å². The highest BCUT2D eigenvalue weighted by atomic mass is 16.5. The van der Waals surface area contributed by atoms with Crippen molar-refractivity contribution in [3.8, 4) is 0 Å². The van der Waals surface area contributed by atoms with Crippen molar-refractivity contribution in [3.05, 3.63) is 35.8 Å². The van der Waals surface area contributed by atoms with Crippen LogP contribution >= 0.6 is 0 Å². The summed E-state index contributed by atoms with van der Waals surface area (Å²) in [5.41, 5.74) is 2.45. The van der Waals surface area contributed by atoms with Gasteiger partial charge in [0.25, 0.3) is 0 Å². The number of rotatable bonds is 4. The summed E-state index contributed by atoms with van der Waals surface area (Å²) in [6, 6.07) is 5.79. The number of anilines is 1. The fourth-order valence-corrected chi connectivity index (χ4v) is 2.31. The number of benzene rings is 1. The fraction of sp³-hybridized carbons (Fsp3) is 0.500. The molecule has 1 aromatic carbocycles. The van der Waals surface area contributed by atoms with Crippen LogP contribution < -0.4 is 5.32 Å². The normalized spacial score (nSPS) is 13.6. The lowest BCUT2D eigenvalue weighted by Crippen LogP contribution is -2.11. The Hall–Kier alpha value is -2.37. The second-order valence-corrected chi connectivity index (χ2v) is 7.46.